The number of allylic oxidation sites excluding steroid dienone is 1. The molecule has 0 heterocycles. The van der Waals surface area contributed by atoms with Gasteiger partial charge < -0.3 is 4.90 Å². The van der Waals surface area contributed by atoms with Gasteiger partial charge >= 0.3 is 0 Å². The normalized spacial score (nSPS) is 10.9. The quantitative estimate of drug-likeness (QED) is 0.561. The molecular formula is C16H32N2. The monoisotopic (exact) mass is 252 g/mol. The van der Waals surface area contributed by atoms with Crippen molar-refractivity contribution in [3.63, 3.8) is 0 Å². The first kappa shape index (κ1) is 19.6. The number of nitrogens with zero attached hydrogens (tertiary/aromatic N) is 2. The largest absolute Gasteiger partial charge is 0.306 e. The van der Waals surface area contributed by atoms with Gasteiger partial charge in [0, 0.05) is 12.5 Å². The van der Waals surface area contributed by atoms with E-state index in [1.54, 1.807) is 0 Å². The third-order valence-electron chi connectivity index (χ3n) is 1.78. The van der Waals surface area contributed by atoms with E-state index < -0.39 is 0 Å². The Morgan fingerprint density at radius 1 is 0.944 bits per heavy atom. The van der Waals surface area contributed by atoms with E-state index in [9.17, 15) is 0 Å². The summed E-state index contributed by atoms with van der Waals surface area (Å²) in [5, 5.41) is 0. The summed E-state index contributed by atoms with van der Waals surface area (Å²) < 4.78 is 0. The van der Waals surface area contributed by atoms with Crippen LogP contribution in [-0.2, 0) is 0 Å². The molecule has 0 saturated heterocycles. The second-order valence-corrected chi connectivity index (χ2v) is 5.65. The predicted octanol–water partition coefficient (Wildman–Crippen LogP) is 2.97. The number of hydrogen-bond donors (Lipinski definition) is 0. The highest BCUT2D eigenvalue weighted by atomic mass is 15.0. The van der Waals surface area contributed by atoms with Gasteiger partial charge in [0.2, 0.25) is 0 Å². The molecule has 2 nitrogen and oxygen atoms in total. The number of hydrogen-bond acceptors (Lipinski definition) is 2. The maximum absolute atomic E-state index is 3.09. The number of likely N-dealkylation sites (N-methyl/N-ethyl adjacent to an activating group) is 1. The van der Waals surface area contributed by atoms with Gasteiger partial charge in [0.1, 0.15) is 0 Å². The van der Waals surface area contributed by atoms with Crippen LogP contribution in [0.15, 0.2) is 12.2 Å². The lowest BCUT2D eigenvalue weighted by Crippen LogP contribution is -2.10. The molecule has 0 atom stereocenters. The van der Waals surface area contributed by atoms with E-state index in [-0.39, 0.29) is 0 Å². The van der Waals surface area contributed by atoms with Gasteiger partial charge in [-0.3, -0.25) is 4.90 Å². The van der Waals surface area contributed by atoms with Crippen LogP contribution in [0.4, 0.5) is 0 Å². The van der Waals surface area contributed by atoms with E-state index in [0.29, 0.717) is 11.8 Å². The molecule has 0 saturated carbocycles. The van der Waals surface area contributed by atoms with Gasteiger partial charge in [-0.25, -0.2) is 0 Å². The second-order valence-electron chi connectivity index (χ2n) is 5.65. The van der Waals surface area contributed by atoms with Crippen LogP contribution in [0, 0.1) is 23.7 Å². The minimum absolute atomic E-state index is 0.505. The Kier molecular flexibility index (Phi) is 13.8. The zero-order valence-corrected chi connectivity index (χ0v) is 13.6. The van der Waals surface area contributed by atoms with Gasteiger partial charge in [0.15, 0.2) is 0 Å². The lowest BCUT2D eigenvalue weighted by Gasteiger charge is -2.03. The van der Waals surface area contributed by atoms with Crippen LogP contribution in [0.5, 0.6) is 0 Å². The Morgan fingerprint density at radius 2 is 1.50 bits per heavy atom. The minimum Gasteiger partial charge on any atom is -0.306 e. The Morgan fingerprint density at radius 3 is 1.83 bits per heavy atom. The van der Waals surface area contributed by atoms with E-state index in [4.69, 9.17) is 0 Å². The Balaban J connectivity index is 0. The lowest BCUT2D eigenvalue weighted by atomic mass is 10.2. The molecule has 0 rings (SSSR count). The SMILES string of the molecule is CC(C)/C=C/CN(C)C.CC(C)C#CCN(C)C. The standard InChI is InChI=1S/C8H17N.C8H15N/c2*1-8(2)6-5-7-9(3)4/h5-6,8H,7H2,1-4H3;8H,7H2,1-4H3/b6-5+;. The molecule has 2 heteroatoms. The molecule has 0 aliphatic heterocycles. The Bertz CT molecular complexity index is 252. The summed E-state index contributed by atoms with van der Waals surface area (Å²) in [6, 6.07) is 0. The zero-order valence-electron chi connectivity index (χ0n) is 13.6. The smallest absolute Gasteiger partial charge is 0.0596 e. The van der Waals surface area contributed by atoms with Gasteiger partial charge in [-0.05, 0) is 34.1 Å². The molecule has 106 valence electrons. The summed E-state index contributed by atoms with van der Waals surface area (Å²) in [4.78, 5) is 4.22. The summed E-state index contributed by atoms with van der Waals surface area (Å²) in [7, 11) is 8.19. The highest BCUT2D eigenvalue weighted by Crippen LogP contribution is 1.92. The molecule has 18 heavy (non-hydrogen) atoms. The van der Waals surface area contributed by atoms with Crippen molar-refractivity contribution in [2.24, 2.45) is 11.8 Å². The summed E-state index contributed by atoms with van der Waals surface area (Å²) in [5.74, 6) is 7.34. The second kappa shape index (κ2) is 12.7. The molecule has 0 N–H and O–H groups in total. The number of rotatable bonds is 4. The van der Waals surface area contributed by atoms with Crippen molar-refractivity contribution >= 4 is 0 Å². The van der Waals surface area contributed by atoms with Crippen LogP contribution in [0.1, 0.15) is 27.7 Å². The predicted molar refractivity (Wildman–Crippen MR) is 83.7 cm³/mol. The molecule has 0 radical (unpaired) electrons. The molecule has 0 aliphatic rings. The summed E-state index contributed by atoms with van der Waals surface area (Å²) >= 11 is 0. The van der Waals surface area contributed by atoms with Crippen molar-refractivity contribution in [1.82, 2.24) is 9.80 Å². The fourth-order valence-electron chi connectivity index (χ4n) is 0.952. The summed E-state index contributed by atoms with van der Waals surface area (Å²) in [6.07, 6.45) is 4.42. The van der Waals surface area contributed by atoms with Gasteiger partial charge in [-0.2, -0.15) is 0 Å². The topological polar surface area (TPSA) is 6.48 Å². The van der Waals surface area contributed by atoms with Crippen LogP contribution >= 0.6 is 0 Å². The van der Waals surface area contributed by atoms with E-state index in [1.165, 1.54) is 0 Å². The molecule has 0 fully saturated rings. The molecule has 0 spiro atoms. The fraction of sp³-hybridized carbons (Fsp3) is 0.750. The van der Waals surface area contributed by atoms with Gasteiger partial charge in [-0.1, -0.05) is 51.7 Å². The maximum atomic E-state index is 3.09. The van der Waals surface area contributed by atoms with E-state index in [1.807, 2.05) is 14.1 Å². The summed E-state index contributed by atoms with van der Waals surface area (Å²) in [6.45, 7) is 10.5. The van der Waals surface area contributed by atoms with Crippen molar-refractivity contribution in [2.45, 2.75) is 27.7 Å². The molecule has 0 aromatic carbocycles. The van der Waals surface area contributed by atoms with E-state index in [0.717, 1.165) is 13.1 Å². The summed E-state index contributed by atoms with van der Waals surface area (Å²) in [5.41, 5.74) is 0. The van der Waals surface area contributed by atoms with Crippen LogP contribution in [0.2, 0.25) is 0 Å². The molecular weight excluding hydrogens is 220 g/mol. The first-order valence-corrected chi connectivity index (χ1v) is 6.70. The minimum atomic E-state index is 0.505. The van der Waals surface area contributed by atoms with Crippen molar-refractivity contribution in [3.05, 3.63) is 12.2 Å². The van der Waals surface area contributed by atoms with Crippen molar-refractivity contribution in [2.75, 3.05) is 41.3 Å². The first-order chi connectivity index (χ1) is 8.25. The fourth-order valence-corrected chi connectivity index (χ4v) is 0.952. The lowest BCUT2D eigenvalue weighted by molar-refractivity contribution is 0.455. The van der Waals surface area contributed by atoms with Crippen molar-refractivity contribution in [1.29, 1.82) is 0 Å². The van der Waals surface area contributed by atoms with Crippen molar-refractivity contribution < 1.29 is 0 Å². The maximum Gasteiger partial charge on any atom is 0.0596 e. The molecule has 0 aromatic heterocycles. The van der Waals surface area contributed by atoms with Gasteiger partial charge in [-0.15, -0.1) is 0 Å². The highest BCUT2D eigenvalue weighted by molar-refractivity contribution is 5.02. The van der Waals surface area contributed by atoms with E-state index in [2.05, 4.69) is 75.6 Å². The average molecular weight is 252 g/mol. The van der Waals surface area contributed by atoms with Crippen LogP contribution in [0.3, 0.4) is 0 Å². The highest BCUT2D eigenvalue weighted by Gasteiger charge is 1.84. The Hall–Kier alpha value is -0.780. The average Bonchev–Trinajstić information content (AvgIpc) is 2.15. The molecule has 0 aliphatic carbocycles. The van der Waals surface area contributed by atoms with Crippen LogP contribution in [0.25, 0.3) is 0 Å². The van der Waals surface area contributed by atoms with Gasteiger partial charge in [0.25, 0.3) is 0 Å². The zero-order chi connectivity index (χ0) is 14.6. The van der Waals surface area contributed by atoms with Crippen LogP contribution < -0.4 is 0 Å². The molecule has 0 bridgehead atoms. The molecule has 0 amide bonds. The Labute approximate surface area is 115 Å². The van der Waals surface area contributed by atoms with Crippen LogP contribution in [-0.4, -0.2) is 51.1 Å². The van der Waals surface area contributed by atoms with E-state index >= 15 is 0 Å². The third-order valence-corrected chi connectivity index (χ3v) is 1.78. The van der Waals surface area contributed by atoms with Crippen molar-refractivity contribution in [3.8, 4) is 11.8 Å². The first-order valence-electron chi connectivity index (χ1n) is 6.70. The molecule has 0 unspecified atom stereocenters. The third kappa shape index (κ3) is 24.4. The molecule has 0 aromatic rings. The van der Waals surface area contributed by atoms with Gasteiger partial charge in [0.05, 0.1) is 6.54 Å².